The molecule has 0 spiro atoms. The number of hydrogen-bond donors (Lipinski definition) is 2. The normalized spacial score (nSPS) is 11.5. The number of amides is 2. The van der Waals surface area contributed by atoms with Crippen LogP contribution in [0, 0.1) is 0 Å². The van der Waals surface area contributed by atoms with Crippen LogP contribution >= 0.6 is 45.9 Å². The van der Waals surface area contributed by atoms with E-state index in [1.54, 1.807) is 47.4 Å². The summed E-state index contributed by atoms with van der Waals surface area (Å²) in [6.07, 6.45) is 5.58. The van der Waals surface area contributed by atoms with Gasteiger partial charge in [0.05, 0.1) is 9.79 Å². The Morgan fingerprint density at radius 2 is 1.22 bits per heavy atom. The molecule has 6 aromatic rings. The fourth-order valence-corrected chi connectivity index (χ4v) is 9.59. The largest absolute Gasteiger partial charge is 0.347 e. The highest BCUT2D eigenvalue weighted by molar-refractivity contribution is 7.91. The highest BCUT2D eigenvalue weighted by Crippen LogP contribution is 2.23. The molecule has 3 aromatic carbocycles. The van der Waals surface area contributed by atoms with Crippen molar-refractivity contribution >= 4 is 99.6 Å². The second kappa shape index (κ2) is 17.4. The molecule has 17 heteroatoms. The van der Waals surface area contributed by atoms with Gasteiger partial charge in [0, 0.05) is 76.5 Å². The highest BCUT2D eigenvalue weighted by atomic mass is 35.5. The number of nitrogens with one attached hydrogen (secondary N) is 2. The molecule has 11 nitrogen and oxygen atoms in total. The van der Waals surface area contributed by atoms with Crippen LogP contribution in [-0.2, 0) is 47.3 Å². The van der Waals surface area contributed by atoms with Gasteiger partial charge in [-0.3, -0.25) is 9.59 Å². The molecule has 266 valence electrons. The van der Waals surface area contributed by atoms with E-state index in [2.05, 4.69) is 20.6 Å². The molecular weight excluding hydrogens is 774 g/mol. The SMILES string of the molecule is O=C(CCCl)Nc1ccc(S(=O)(=O)Cc2nccs2)cc1.O=C(CCn1ccc2ccc(Cl)cc21)Nc1ccc(S(=O)(=O)Cc2nccs2)cc1. The van der Waals surface area contributed by atoms with Crippen molar-refractivity contribution in [2.45, 2.75) is 40.7 Å². The van der Waals surface area contributed by atoms with Crippen LogP contribution in [0.3, 0.4) is 0 Å². The maximum Gasteiger partial charge on any atom is 0.226 e. The van der Waals surface area contributed by atoms with Crippen molar-refractivity contribution in [1.29, 1.82) is 0 Å². The third-order valence-electron chi connectivity index (χ3n) is 7.23. The monoisotopic (exact) mass is 803 g/mol. The second-order valence-electron chi connectivity index (χ2n) is 10.9. The quantitative estimate of drug-likeness (QED) is 0.114. The number of alkyl halides is 1. The minimum absolute atomic E-state index is 0.122. The molecule has 0 saturated carbocycles. The maximum atomic E-state index is 12.5. The van der Waals surface area contributed by atoms with E-state index in [0.717, 1.165) is 10.9 Å². The standard InChI is InChI=1S/C21H18ClN3O3S2.C13H13ClN2O3S2/c22-16-2-1-15-7-10-25(19(15)13-16)11-8-20(26)24-17-3-5-18(6-4-17)30(27,28)14-21-23-9-12-29-21;14-6-5-12(17)16-10-1-3-11(4-2-10)21(18,19)9-13-15-7-8-20-13/h1-7,9-10,12-13H,8,11,14H2,(H,24,26);1-4,7-8H,5-6,9H2,(H,16,17). The van der Waals surface area contributed by atoms with E-state index in [1.807, 2.05) is 35.0 Å². The minimum Gasteiger partial charge on any atom is -0.347 e. The van der Waals surface area contributed by atoms with E-state index in [1.165, 1.54) is 46.9 Å². The molecule has 2 N–H and O–H groups in total. The van der Waals surface area contributed by atoms with Crippen molar-refractivity contribution in [3.63, 3.8) is 0 Å². The summed E-state index contributed by atoms with van der Waals surface area (Å²) in [5, 5.41) is 11.7. The molecule has 51 heavy (non-hydrogen) atoms. The lowest BCUT2D eigenvalue weighted by Crippen LogP contribution is -2.14. The van der Waals surface area contributed by atoms with Crippen molar-refractivity contribution in [2.75, 3.05) is 16.5 Å². The number of carbonyl (C=O) groups excluding carboxylic acids is 2. The van der Waals surface area contributed by atoms with Gasteiger partial charge in [-0.15, -0.1) is 34.3 Å². The number of sulfone groups is 2. The molecule has 0 aliphatic carbocycles. The third-order valence-corrected chi connectivity index (χ3v) is 12.9. The maximum absolute atomic E-state index is 12.5. The number of thiazole rings is 2. The van der Waals surface area contributed by atoms with Gasteiger partial charge in [-0.1, -0.05) is 17.7 Å². The average molecular weight is 805 g/mol. The molecule has 0 bridgehead atoms. The number of hydrogen-bond acceptors (Lipinski definition) is 10. The van der Waals surface area contributed by atoms with Crippen molar-refractivity contribution < 1.29 is 26.4 Å². The van der Waals surface area contributed by atoms with Crippen LogP contribution in [-0.4, -0.2) is 49.1 Å². The van der Waals surface area contributed by atoms with Gasteiger partial charge in [-0.2, -0.15) is 0 Å². The summed E-state index contributed by atoms with van der Waals surface area (Å²) < 4.78 is 51.3. The lowest BCUT2D eigenvalue weighted by Gasteiger charge is -2.08. The predicted octanol–water partition coefficient (Wildman–Crippen LogP) is 7.44. The first kappa shape index (κ1) is 38.1. The van der Waals surface area contributed by atoms with Gasteiger partial charge in [-0.05, 0) is 72.1 Å². The Bertz CT molecular complexity index is 2290. The summed E-state index contributed by atoms with van der Waals surface area (Å²) in [5.74, 6) is -0.374. The van der Waals surface area contributed by atoms with Gasteiger partial charge in [-0.25, -0.2) is 26.8 Å². The van der Waals surface area contributed by atoms with Crippen molar-refractivity contribution in [3.8, 4) is 0 Å². The van der Waals surface area contributed by atoms with Crippen LogP contribution in [0.25, 0.3) is 10.9 Å². The zero-order chi connectivity index (χ0) is 36.4. The number of fused-ring (bicyclic) bond motifs is 1. The van der Waals surface area contributed by atoms with Gasteiger partial charge in [0.2, 0.25) is 11.8 Å². The van der Waals surface area contributed by atoms with Crippen molar-refractivity contribution in [2.24, 2.45) is 0 Å². The average Bonchev–Trinajstić information content (AvgIpc) is 3.88. The molecule has 0 fully saturated rings. The number of aryl methyl sites for hydroxylation is 1. The Labute approximate surface area is 313 Å². The highest BCUT2D eigenvalue weighted by Gasteiger charge is 2.18. The van der Waals surface area contributed by atoms with Gasteiger partial charge < -0.3 is 15.2 Å². The molecule has 0 atom stereocenters. The van der Waals surface area contributed by atoms with Crippen LogP contribution in [0.4, 0.5) is 11.4 Å². The number of halogens is 2. The van der Waals surface area contributed by atoms with E-state index >= 15 is 0 Å². The van der Waals surface area contributed by atoms with Crippen LogP contribution < -0.4 is 10.6 Å². The first-order chi connectivity index (χ1) is 24.4. The Hall–Kier alpha value is -4.12. The lowest BCUT2D eigenvalue weighted by molar-refractivity contribution is -0.117. The van der Waals surface area contributed by atoms with E-state index in [4.69, 9.17) is 23.2 Å². The van der Waals surface area contributed by atoms with E-state index in [-0.39, 0.29) is 51.8 Å². The molecule has 0 saturated heterocycles. The summed E-state index contributed by atoms with van der Waals surface area (Å²) >= 11 is 14.1. The molecule has 0 aliphatic heterocycles. The first-order valence-electron chi connectivity index (χ1n) is 15.2. The molecule has 0 unspecified atom stereocenters. The van der Waals surface area contributed by atoms with Crippen LogP contribution in [0.15, 0.2) is 112 Å². The molecular formula is C34H31Cl2N5O6S4. The predicted molar refractivity (Wildman–Crippen MR) is 203 cm³/mol. The number of carbonyl (C=O) groups is 2. The zero-order valence-electron chi connectivity index (χ0n) is 26.7. The molecule has 0 radical (unpaired) electrons. The topological polar surface area (TPSA) is 157 Å². The zero-order valence-corrected chi connectivity index (χ0v) is 31.5. The first-order valence-corrected chi connectivity index (χ1v) is 21.2. The summed E-state index contributed by atoms with van der Waals surface area (Å²) in [7, 11) is -6.90. The fourth-order valence-electron chi connectivity index (χ4n) is 4.74. The fraction of sp³-hybridized carbons (Fsp3) is 0.176. The van der Waals surface area contributed by atoms with E-state index in [0.29, 0.717) is 33.0 Å². The Morgan fingerprint density at radius 3 is 1.69 bits per heavy atom. The summed E-state index contributed by atoms with van der Waals surface area (Å²) in [4.78, 5) is 32.1. The number of rotatable bonds is 13. The molecule has 3 heterocycles. The minimum atomic E-state index is -3.47. The van der Waals surface area contributed by atoms with Gasteiger partial charge >= 0.3 is 0 Å². The summed E-state index contributed by atoms with van der Waals surface area (Å²) in [6, 6.07) is 19.9. The van der Waals surface area contributed by atoms with Gasteiger partial charge in [0.25, 0.3) is 0 Å². The lowest BCUT2D eigenvalue weighted by atomic mass is 10.2. The summed E-state index contributed by atoms with van der Waals surface area (Å²) in [5.41, 5.74) is 2.07. The smallest absolute Gasteiger partial charge is 0.226 e. The number of anilines is 2. The van der Waals surface area contributed by atoms with Crippen LogP contribution in [0.2, 0.25) is 5.02 Å². The third kappa shape index (κ3) is 10.9. The number of nitrogens with zero attached hydrogens (tertiary/aromatic N) is 3. The second-order valence-corrected chi connectivity index (χ2v) is 17.7. The molecule has 3 aromatic heterocycles. The Balaban J connectivity index is 0.000000211. The number of aromatic nitrogens is 3. The van der Waals surface area contributed by atoms with Gasteiger partial charge in [0.15, 0.2) is 19.7 Å². The van der Waals surface area contributed by atoms with Crippen molar-refractivity contribution in [1.82, 2.24) is 14.5 Å². The van der Waals surface area contributed by atoms with Crippen LogP contribution in [0.1, 0.15) is 22.9 Å². The van der Waals surface area contributed by atoms with E-state index < -0.39 is 19.7 Å². The Kier molecular flexibility index (Phi) is 13.0. The van der Waals surface area contributed by atoms with Gasteiger partial charge in [0.1, 0.15) is 21.5 Å². The van der Waals surface area contributed by atoms with Crippen LogP contribution in [0.5, 0.6) is 0 Å². The van der Waals surface area contributed by atoms with Crippen molar-refractivity contribution in [3.05, 3.63) is 117 Å². The number of benzene rings is 3. The Morgan fingerprint density at radius 1 is 0.706 bits per heavy atom. The molecule has 0 aliphatic rings. The molecule has 2 amide bonds. The molecule has 6 rings (SSSR count). The van der Waals surface area contributed by atoms with E-state index in [9.17, 15) is 26.4 Å². The summed E-state index contributed by atoms with van der Waals surface area (Å²) in [6.45, 7) is 0.510.